The number of hydrogen-bond donors (Lipinski definition) is 2. The molecular weight excluding hydrogens is 394 g/mol. The summed E-state index contributed by atoms with van der Waals surface area (Å²) in [5, 5.41) is 10.7. The molecule has 8 heteroatoms. The number of aromatic amines is 1. The SMILES string of the molecule is Cc1ccc(-c2n[nH]c(=S)n2CCC(=O)Nc2cccc(Cl)c2N(C)C)cc1. The van der Waals surface area contributed by atoms with Crippen LogP contribution < -0.4 is 10.2 Å². The summed E-state index contributed by atoms with van der Waals surface area (Å²) in [7, 11) is 3.77. The molecule has 0 spiro atoms. The van der Waals surface area contributed by atoms with Gasteiger partial charge in [0.15, 0.2) is 10.6 Å². The van der Waals surface area contributed by atoms with Crippen molar-refractivity contribution in [2.24, 2.45) is 0 Å². The lowest BCUT2D eigenvalue weighted by Crippen LogP contribution is -2.18. The summed E-state index contributed by atoms with van der Waals surface area (Å²) < 4.78 is 2.32. The predicted molar refractivity (Wildman–Crippen MR) is 117 cm³/mol. The summed E-state index contributed by atoms with van der Waals surface area (Å²) in [6.45, 7) is 2.45. The second-order valence-electron chi connectivity index (χ2n) is 6.70. The lowest BCUT2D eigenvalue weighted by Gasteiger charge is -2.19. The van der Waals surface area contributed by atoms with Crippen molar-refractivity contribution in [3.8, 4) is 11.4 Å². The normalized spacial score (nSPS) is 10.7. The van der Waals surface area contributed by atoms with Crippen molar-refractivity contribution in [3.05, 3.63) is 57.8 Å². The first-order chi connectivity index (χ1) is 13.4. The lowest BCUT2D eigenvalue weighted by molar-refractivity contribution is -0.116. The number of nitrogens with zero attached hydrogens (tertiary/aromatic N) is 3. The molecule has 0 radical (unpaired) electrons. The Morgan fingerprint density at radius 3 is 2.64 bits per heavy atom. The van der Waals surface area contributed by atoms with Crippen LogP contribution in [0.4, 0.5) is 11.4 Å². The average molecular weight is 416 g/mol. The fourth-order valence-corrected chi connectivity index (χ4v) is 3.51. The minimum Gasteiger partial charge on any atom is -0.375 e. The largest absolute Gasteiger partial charge is 0.375 e. The Morgan fingerprint density at radius 2 is 1.96 bits per heavy atom. The number of para-hydroxylation sites is 1. The van der Waals surface area contributed by atoms with Crippen molar-refractivity contribution in [3.63, 3.8) is 0 Å². The number of halogens is 1. The predicted octanol–water partition coefficient (Wildman–Crippen LogP) is 4.66. The van der Waals surface area contributed by atoms with Gasteiger partial charge in [-0.05, 0) is 31.3 Å². The molecule has 0 bridgehead atoms. The first-order valence-corrected chi connectivity index (χ1v) is 9.63. The number of H-pyrrole nitrogens is 1. The van der Waals surface area contributed by atoms with Crippen LogP contribution in [0, 0.1) is 11.7 Å². The topological polar surface area (TPSA) is 66.0 Å². The van der Waals surface area contributed by atoms with Crippen molar-refractivity contribution in [1.82, 2.24) is 14.8 Å². The molecule has 0 fully saturated rings. The number of carbonyl (C=O) groups is 1. The molecule has 3 rings (SSSR count). The monoisotopic (exact) mass is 415 g/mol. The Kier molecular flexibility index (Phi) is 6.16. The molecular formula is C20H22ClN5OS. The van der Waals surface area contributed by atoms with Gasteiger partial charge in [0.1, 0.15) is 0 Å². The number of aromatic nitrogens is 3. The number of benzene rings is 2. The summed E-state index contributed by atoms with van der Waals surface area (Å²) >= 11 is 11.6. The van der Waals surface area contributed by atoms with Crippen molar-refractivity contribution in [2.75, 3.05) is 24.3 Å². The number of rotatable bonds is 6. The second kappa shape index (κ2) is 8.58. The average Bonchev–Trinajstić information content (AvgIpc) is 3.01. The Balaban J connectivity index is 1.75. The highest BCUT2D eigenvalue weighted by Gasteiger charge is 2.14. The van der Waals surface area contributed by atoms with Crippen LogP contribution >= 0.6 is 23.8 Å². The first-order valence-electron chi connectivity index (χ1n) is 8.84. The lowest BCUT2D eigenvalue weighted by atomic mass is 10.1. The molecule has 3 aromatic rings. The number of amides is 1. The molecule has 146 valence electrons. The van der Waals surface area contributed by atoms with Crippen LogP contribution in [0.15, 0.2) is 42.5 Å². The summed E-state index contributed by atoms with van der Waals surface area (Å²) in [6.07, 6.45) is 0.256. The molecule has 0 atom stereocenters. The van der Waals surface area contributed by atoms with Crippen molar-refractivity contribution in [2.45, 2.75) is 19.9 Å². The summed E-state index contributed by atoms with van der Waals surface area (Å²) in [6, 6.07) is 13.5. The molecule has 1 heterocycles. The Morgan fingerprint density at radius 1 is 1.25 bits per heavy atom. The standard InChI is InChI=1S/C20H22ClN5OS/c1-13-7-9-14(10-8-13)19-23-24-20(28)26(19)12-11-17(27)22-16-6-4-5-15(21)18(16)25(2)3/h4-10H,11-12H2,1-3H3,(H,22,27)(H,24,28). The van der Waals surface area contributed by atoms with Crippen LogP contribution in [0.25, 0.3) is 11.4 Å². The van der Waals surface area contributed by atoms with E-state index in [4.69, 9.17) is 23.8 Å². The van der Waals surface area contributed by atoms with Crippen LogP contribution in [0.2, 0.25) is 5.02 Å². The Hall–Kier alpha value is -2.64. The quantitative estimate of drug-likeness (QED) is 0.574. The maximum Gasteiger partial charge on any atom is 0.226 e. The van der Waals surface area contributed by atoms with Gasteiger partial charge in [0.25, 0.3) is 0 Å². The van der Waals surface area contributed by atoms with E-state index in [1.807, 2.05) is 66.9 Å². The van der Waals surface area contributed by atoms with Gasteiger partial charge < -0.3 is 10.2 Å². The van der Waals surface area contributed by atoms with E-state index >= 15 is 0 Å². The van der Waals surface area contributed by atoms with Crippen molar-refractivity contribution < 1.29 is 4.79 Å². The minimum absolute atomic E-state index is 0.122. The van der Waals surface area contributed by atoms with Gasteiger partial charge in [-0.2, -0.15) is 5.10 Å². The molecule has 2 N–H and O–H groups in total. The van der Waals surface area contributed by atoms with Crippen molar-refractivity contribution >= 4 is 41.1 Å². The molecule has 0 saturated carbocycles. The Bertz CT molecular complexity index is 1040. The van der Waals surface area contributed by atoms with E-state index in [9.17, 15) is 4.79 Å². The molecule has 0 aliphatic heterocycles. The van der Waals surface area contributed by atoms with Crippen LogP contribution in [0.3, 0.4) is 0 Å². The van der Waals surface area contributed by atoms with Crippen LogP contribution in [-0.4, -0.2) is 34.8 Å². The Labute approximate surface area is 174 Å². The molecule has 6 nitrogen and oxygen atoms in total. The maximum atomic E-state index is 12.5. The van der Waals surface area contributed by atoms with Crippen LogP contribution in [0.5, 0.6) is 0 Å². The van der Waals surface area contributed by atoms with E-state index in [1.165, 1.54) is 5.56 Å². The highest BCUT2D eigenvalue weighted by atomic mass is 35.5. The van der Waals surface area contributed by atoms with Crippen LogP contribution in [-0.2, 0) is 11.3 Å². The van der Waals surface area contributed by atoms with Crippen molar-refractivity contribution in [1.29, 1.82) is 0 Å². The van der Waals surface area contributed by atoms with E-state index < -0.39 is 0 Å². The number of aryl methyl sites for hydroxylation is 1. The third-order valence-electron chi connectivity index (χ3n) is 4.34. The molecule has 0 aliphatic carbocycles. The summed E-state index contributed by atoms with van der Waals surface area (Å²) in [5.41, 5.74) is 3.57. The highest BCUT2D eigenvalue weighted by Crippen LogP contribution is 2.32. The molecule has 0 unspecified atom stereocenters. The smallest absolute Gasteiger partial charge is 0.226 e. The molecule has 0 saturated heterocycles. The van der Waals surface area contributed by atoms with Gasteiger partial charge in [0, 0.05) is 32.6 Å². The highest BCUT2D eigenvalue weighted by molar-refractivity contribution is 7.71. The van der Waals surface area contributed by atoms with Gasteiger partial charge in [-0.15, -0.1) is 0 Å². The zero-order chi connectivity index (χ0) is 20.3. The molecule has 1 amide bonds. The van der Waals surface area contributed by atoms with E-state index in [0.29, 0.717) is 22.0 Å². The number of carbonyl (C=O) groups excluding carboxylic acids is 1. The number of hydrogen-bond acceptors (Lipinski definition) is 4. The van der Waals surface area contributed by atoms with Gasteiger partial charge in [-0.25, -0.2) is 0 Å². The summed E-state index contributed by atoms with van der Waals surface area (Å²) in [4.78, 5) is 14.4. The fourth-order valence-electron chi connectivity index (χ4n) is 2.94. The van der Waals surface area contributed by atoms with E-state index in [-0.39, 0.29) is 12.3 Å². The zero-order valence-electron chi connectivity index (χ0n) is 16.0. The van der Waals surface area contributed by atoms with Crippen LogP contribution in [0.1, 0.15) is 12.0 Å². The fraction of sp³-hybridized carbons (Fsp3) is 0.250. The third kappa shape index (κ3) is 4.43. The van der Waals surface area contributed by atoms with Gasteiger partial charge in [-0.3, -0.25) is 14.5 Å². The first kappa shape index (κ1) is 20.1. The molecule has 1 aromatic heterocycles. The molecule has 28 heavy (non-hydrogen) atoms. The maximum absolute atomic E-state index is 12.5. The van der Waals surface area contributed by atoms with Gasteiger partial charge in [-0.1, -0.05) is 47.5 Å². The summed E-state index contributed by atoms with van der Waals surface area (Å²) in [5.74, 6) is 0.595. The minimum atomic E-state index is -0.122. The van der Waals surface area contributed by atoms with Gasteiger partial charge in [0.05, 0.1) is 16.4 Å². The molecule has 0 aliphatic rings. The van der Waals surface area contributed by atoms with Gasteiger partial charge >= 0.3 is 0 Å². The van der Waals surface area contributed by atoms with E-state index in [1.54, 1.807) is 6.07 Å². The van der Waals surface area contributed by atoms with E-state index in [0.717, 1.165) is 17.1 Å². The van der Waals surface area contributed by atoms with E-state index in [2.05, 4.69) is 15.5 Å². The number of anilines is 2. The molecule has 2 aromatic carbocycles. The zero-order valence-corrected chi connectivity index (χ0v) is 17.6. The van der Waals surface area contributed by atoms with Gasteiger partial charge in [0.2, 0.25) is 5.91 Å². The number of nitrogens with one attached hydrogen (secondary N) is 2. The second-order valence-corrected chi connectivity index (χ2v) is 7.49. The third-order valence-corrected chi connectivity index (χ3v) is 4.96.